The molecule has 0 radical (unpaired) electrons. The second-order valence-corrected chi connectivity index (χ2v) is 5.20. The summed E-state index contributed by atoms with van der Waals surface area (Å²) in [7, 11) is 0. The Bertz CT molecular complexity index is 596. The van der Waals surface area contributed by atoms with Crippen LogP contribution in [0.2, 0.25) is 0 Å². The Hall–Kier alpha value is -1.13. The molecule has 2 aliphatic heterocycles. The number of ether oxygens (including phenoxy) is 1. The van der Waals surface area contributed by atoms with E-state index in [9.17, 15) is 14.7 Å². The lowest BCUT2D eigenvalue weighted by molar-refractivity contribution is -0.0920. The predicted molar refractivity (Wildman–Crippen MR) is 64.3 cm³/mol. The number of aromatic nitrogens is 2. The standard InChI is InChI=1S/C10H12N2O6S/c1-10(15)7-5(4-16-19-18-7)17-8(10)12-3-2-6(13)11-9(12)14/h2-3,5,7-8,15H,4H2,1H3,(H,11,13,14)/t5-,7-,8-,10-/m1/s1. The van der Waals surface area contributed by atoms with E-state index in [-0.39, 0.29) is 6.61 Å². The summed E-state index contributed by atoms with van der Waals surface area (Å²) in [6.45, 7) is 1.77. The van der Waals surface area contributed by atoms with Gasteiger partial charge in [-0.25, -0.2) is 4.79 Å². The van der Waals surface area contributed by atoms with E-state index in [1.165, 1.54) is 19.2 Å². The first-order valence-electron chi connectivity index (χ1n) is 5.64. The van der Waals surface area contributed by atoms with Gasteiger partial charge in [-0.3, -0.25) is 22.7 Å². The number of H-pyrrole nitrogens is 1. The molecule has 8 nitrogen and oxygen atoms in total. The average Bonchev–Trinajstić information content (AvgIpc) is 2.62. The highest BCUT2D eigenvalue weighted by molar-refractivity contribution is 7.89. The fraction of sp³-hybridized carbons (Fsp3) is 0.600. The van der Waals surface area contributed by atoms with Crippen molar-refractivity contribution in [3.63, 3.8) is 0 Å². The molecule has 1 aromatic rings. The van der Waals surface area contributed by atoms with Gasteiger partial charge in [0.1, 0.15) is 17.8 Å². The summed E-state index contributed by atoms with van der Waals surface area (Å²) in [5.74, 6) is 0. The molecule has 0 spiro atoms. The summed E-state index contributed by atoms with van der Waals surface area (Å²) < 4.78 is 17.0. The van der Waals surface area contributed by atoms with Gasteiger partial charge in [-0.15, -0.1) is 0 Å². The summed E-state index contributed by atoms with van der Waals surface area (Å²) >= 11 is 0.792. The first-order chi connectivity index (χ1) is 9.00. The van der Waals surface area contributed by atoms with Crippen LogP contribution in [0.25, 0.3) is 0 Å². The summed E-state index contributed by atoms with van der Waals surface area (Å²) in [4.78, 5) is 24.9. The summed E-state index contributed by atoms with van der Waals surface area (Å²) in [5, 5.41) is 10.5. The maximum atomic E-state index is 11.8. The van der Waals surface area contributed by atoms with Gasteiger partial charge >= 0.3 is 5.69 Å². The van der Waals surface area contributed by atoms with Crippen molar-refractivity contribution in [1.82, 2.24) is 9.55 Å². The van der Waals surface area contributed by atoms with Gasteiger partial charge in [0.05, 0.1) is 6.61 Å². The Balaban J connectivity index is 2.01. The zero-order chi connectivity index (χ0) is 13.6. The van der Waals surface area contributed by atoms with Crippen LogP contribution in [0.4, 0.5) is 0 Å². The molecule has 0 aliphatic carbocycles. The fourth-order valence-corrected chi connectivity index (χ4v) is 2.95. The number of aliphatic hydroxyl groups is 1. The van der Waals surface area contributed by atoms with Gasteiger partial charge in [0.2, 0.25) is 0 Å². The monoisotopic (exact) mass is 288 g/mol. The van der Waals surface area contributed by atoms with E-state index in [4.69, 9.17) is 13.1 Å². The number of rotatable bonds is 1. The van der Waals surface area contributed by atoms with Crippen LogP contribution in [0.3, 0.4) is 0 Å². The Kier molecular flexibility index (Phi) is 3.02. The smallest absolute Gasteiger partial charge is 0.330 e. The quantitative estimate of drug-likeness (QED) is 0.650. The number of aromatic amines is 1. The molecule has 3 rings (SSSR count). The number of hydrogen-bond donors (Lipinski definition) is 2. The number of nitrogens with one attached hydrogen (secondary N) is 1. The average molecular weight is 288 g/mol. The first kappa shape index (κ1) is 12.9. The van der Waals surface area contributed by atoms with Gasteiger partial charge in [0.25, 0.3) is 5.56 Å². The molecule has 4 atom stereocenters. The highest BCUT2D eigenvalue weighted by Gasteiger charge is 2.56. The lowest BCUT2D eigenvalue weighted by Gasteiger charge is -2.30. The van der Waals surface area contributed by atoms with E-state index in [0.29, 0.717) is 0 Å². The lowest BCUT2D eigenvalue weighted by atomic mass is 9.96. The second kappa shape index (κ2) is 4.46. The van der Waals surface area contributed by atoms with Gasteiger partial charge < -0.3 is 9.84 Å². The number of fused-ring (bicyclic) bond motifs is 1. The van der Waals surface area contributed by atoms with Crippen molar-refractivity contribution in [3.8, 4) is 0 Å². The van der Waals surface area contributed by atoms with Crippen LogP contribution in [0, 0.1) is 0 Å². The van der Waals surface area contributed by atoms with E-state index in [0.717, 1.165) is 16.9 Å². The third kappa shape index (κ3) is 2.03. The van der Waals surface area contributed by atoms with Crippen molar-refractivity contribution in [1.29, 1.82) is 0 Å². The molecule has 0 saturated carbocycles. The molecule has 104 valence electrons. The van der Waals surface area contributed by atoms with Crippen molar-refractivity contribution < 1.29 is 18.2 Å². The Morgan fingerprint density at radius 2 is 2.37 bits per heavy atom. The second-order valence-electron chi connectivity index (χ2n) is 4.64. The fourth-order valence-electron chi connectivity index (χ4n) is 2.30. The highest BCUT2D eigenvalue weighted by Crippen LogP contribution is 2.43. The highest BCUT2D eigenvalue weighted by atomic mass is 32.2. The Morgan fingerprint density at radius 3 is 3.05 bits per heavy atom. The Labute approximate surface area is 111 Å². The molecule has 0 unspecified atom stereocenters. The van der Waals surface area contributed by atoms with E-state index in [2.05, 4.69) is 4.98 Å². The summed E-state index contributed by atoms with van der Waals surface area (Å²) in [6, 6.07) is 1.19. The molecule has 0 aromatic carbocycles. The van der Waals surface area contributed by atoms with Crippen molar-refractivity contribution in [2.24, 2.45) is 0 Å². The van der Waals surface area contributed by atoms with Crippen molar-refractivity contribution in [2.75, 3.05) is 6.61 Å². The van der Waals surface area contributed by atoms with E-state index >= 15 is 0 Å². The molecule has 9 heteroatoms. The predicted octanol–water partition coefficient (Wildman–Crippen LogP) is -0.836. The maximum absolute atomic E-state index is 11.8. The molecule has 3 heterocycles. The zero-order valence-electron chi connectivity index (χ0n) is 9.94. The minimum absolute atomic E-state index is 0.250. The van der Waals surface area contributed by atoms with Crippen LogP contribution in [-0.2, 0) is 13.1 Å². The van der Waals surface area contributed by atoms with Gasteiger partial charge in [-0.2, -0.15) is 0 Å². The molecular formula is C10H12N2O6S. The van der Waals surface area contributed by atoms with Gasteiger partial charge in [0.15, 0.2) is 18.6 Å². The van der Waals surface area contributed by atoms with Crippen LogP contribution in [0.5, 0.6) is 0 Å². The maximum Gasteiger partial charge on any atom is 0.330 e. The molecule has 19 heavy (non-hydrogen) atoms. The van der Waals surface area contributed by atoms with Gasteiger partial charge in [0, 0.05) is 12.3 Å². The summed E-state index contributed by atoms with van der Waals surface area (Å²) in [5.41, 5.74) is -2.57. The molecule has 2 N–H and O–H groups in total. The molecule has 0 bridgehead atoms. The van der Waals surface area contributed by atoms with Crippen LogP contribution >= 0.6 is 12.3 Å². The van der Waals surface area contributed by atoms with E-state index < -0.39 is 35.3 Å². The van der Waals surface area contributed by atoms with Crippen molar-refractivity contribution in [3.05, 3.63) is 33.1 Å². The Morgan fingerprint density at radius 1 is 1.58 bits per heavy atom. The van der Waals surface area contributed by atoms with Crippen LogP contribution in [-0.4, -0.2) is 39.1 Å². The third-order valence-corrected chi connectivity index (χ3v) is 3.76. The molecular weight excluding hydrogens is 276 g/mol. The van der Waals surface area contributed by atoms with Crippen LogP contribution in [0.1, 0.15) is 13.2 Å². The normalized spacial score (nSPS) is 38.1. The molecule has 0 amide bonds. The van der Waals surface area contributed by atoms with Crippen molar-refractivity contribution >= 4 is 12.3 Å². The lowest BCUT2D eigenvalue weighted by Crippen LogP contribution is -2.48. The topological polar surface area (TPSA) is 103 Å². The molecule has 1 aromatic heterocycles. The first-order valence-corrected chi connectivity index (χ1v) is 6.31. The van der Waals surface area contributed by atoms with Crippen LogP contribution in [0.15, 0.2) is 21.9 Å². The molecule has 2 saturated heterocycles. The largest absolute Gasteiger partial charge is 0.383 e. The van der Waals surface area contributed by atoms with Crippen LogP contribution < -0.4 is 11.2 Å². The van der Waals surface area contributed by atoms with Crippen molar-refractivity contribution in [2.45, 2.75) is 31.0 Å². The van der Waals surface area contributed by atoms with Gasteiger partial charge in [-0.1, -0.05) is 0 Å². The molecule has 2 aliphatic rings. The number of hydrogen-bond acceptors (Lipinski definition) is 7. The third-order valence-electron chi connectivity index (χ3n) is 3.24. The van der Waals surface area contributed by atoms with Gasteiger partial charge in [-0.05, 0) is 6.92 Å². The zero-order valence-corrected chi connectivity index (χ0v) is 10.8. The SMILES string of the molecule is C[C@@]1(O)[C@@H]2OSOC[C@H]2O[C@H]1n1ccc(=O)[nH]c1=O. The number of nitrogens with zero attached hydrogens (tertiary/aromatic N) is 1. The molecule has 2 fully saturated rings. The summed E-state index contributed by atoms with van der Waals surface area (Å²) in [6.07, 6.45) is -0.754. The minimum Gasteiger partial charge on any atom is -0.383 e. The van der Waals surface area contributed by atoms with E-state index in [1.807, 2.05) is 0 Å². The minimum atomic E-state index is -1.41. The van der Waals surface area contributed by atoms with E-state index in [1.54, 1.807) is 0 Å².